The second-order valence-electron chi connectivity index (χ2n) is 11.6. The van der Waals surface area contributed by atoms with Crippen LogP contribution in [0, 0.1) is 11.3 Å². The SMILES string of the molecule is N#Cc1ccc(-c2cccc(-c3ccc4ccccc4c3-c3ccc(-c4nc(-c5ccccc5)nc(-c5ccccc5)n4)cc3)c2)cc1. The standard InChI is InChI=1S/C44H28N4/c45-29-30-18-20-31(21-19-30)37-15-9-16-38(28-37)40-27-26-32-10-7-8-17-39(32)41(40)33-22-24-36(25-23-33)44-47-42(34-11-3-1-4-12-34)46-43(48-44)35-13-5-2-6-14-35/h1-28H. The van der Waals surface area contributed by atoms with Gasteiger partial charge in [-0.05, 0) is 62.4 Å². The van der Waals surface area contributed by atoms with Gasteiger partial charge in [0.25, 0.3) is 0 Å². The second-order valence-corrected chi connectivity index (χ2v) is 11.6. The van der Waals surface area contributed by atoms with Crippen LogP contribution < -0.4 is 0 Å². The van der Waals surface area contributed by atoms with Crippen LogP contribution in [0.5, 0.6) is 0 Å². The fourth-order valence-electron chi connectivity index (χ4n) is 6.15. The third kappa shape index (κ3) is 5.62. The summed E-state index contributed by atoms with van der Waals surface area (Å²) in [4.78, 5) is 14.7. The Morgan fingerprint density at radius 3 is 1.50 bits per heavy atom. The first-order valence-corrected chi connectivity index (χ1v) is 15.8. The lowest BCUT2D eigenvalue weighted by molar-refractivity contribution is 1.07. The van der Waals surface area contributed by atoms with Crippen LogP contribution in [-0.2, 0) is 0 Å². The summed E-state index contributed by atoms with van der Waals surface area (Å²) in [5.74, 6) is 1.91. The molecule has 0 aliphatic heterocycles. The van der Waals surface area contributed by atoms with Gasteiger partial charge < -0.3 is 0 Å². The molecule has 0 atom stereocenters. The maximum absolute atomic E-state index is 9.26. The summed E-state index contributed by atoms with van der Waals surface area (Å²) in [6.07, 6.45) is 0. The van der Waals surface area contributed by atoms with Gasteiger partial charge in [-0.25, -0.2) is 15.0 Å². The molecule has 0 unspecified atom stereocenters. The van der Waals surface area contributed by atoms with Gasteiger partial charge >= 0.3 is 0 Å². The number of nitriles is 1. The number of hydrogen-bond acceptors (Lipinski definition) is 4. The molecule has 0 bridgehead atoms. The maximum Gasteiger partial charge on any atom is 0.164 e. The molecule has 0 N–H and O–H groups in total. The van der Waals surface area contributed by atoms with E-state index in [1.54, 1.807) is 0 Å². The third-order valence-corrected chi connectivity index (χ3v) is 8.58. The molecule has 4 nitrogen and oxygen atoms in total. The molecule has 0 radical (unpaired) electrons. The van der Waals surface area contributed by atoms with E-state index in [9.17, 15) is 5.26 Å². The number of benzene rings is 7. The van der Waals surface area contributed by atoms with E-state index in [1.807, 2.05) is 84.9 Å². The zero-order valence-corrected chi connectivity index (χ0v) is 26.0. The summed E-state index contributed by atoms with van der Waals surface area (Å²) < 4.78 is 0. The summed E-state index contributed by atoms with van der Waals surface area (Å²) in [6.45, 7) is 0. The summed E-state index contributed by atoms with van der Waals surface area (Å²) in [5.41, 5.74) is 10.2. The predicted octanol–water partition coefficient (Wildman–Crippen LogP) is 10.9. The van der Waals surface area contributed by atoms with Crippen molar-refractivity contribution in [2.24, 2.45) is 0 Å². The van der Waals surface area contributed by atoms with Crippen molar-refractivity contribution >= 4 is 10.8 Å². The van der Waals surface area contributed by atoms with Crippen molar-refractivity contribution < 1.29 is 0 Å². The highest BCUT2D eigenvalue weighted by molar-refractivity contribution is 6.04. The molecule has 7 aromatic carbocycles. The molecular weight excluding hydrogens is 585 g/mol. The molecule has 48 heavy (non-hydrogen) atoms. The van der Waals surface area contributed by atoms with Crippen molar-refractivity contribution in [1.29, 1.82) is 5.26 Å². The summed E-state index contributed by atoms with van der Waals surface area (Å²) in [6, 6.07) is 60.1. The van der Waals surface area contributed by atoms with Crippen molar-refractivity contribution in [3.05, 3.63) is 175 Å². The van der Waals surface area contributed by atoms with Crippen molar-refractivity contribution in [2.75, 3.05) is 0 Å². The molecule has 0 aliphatic carbocycles. The van der Waals surface area contributed by atoms with Crippen LogP contribution in [0.2, 0.25) is 0 Å². The molecule has 4 heteroatoms. The van der Waals surface area contributed by atoms with Crippen LogP contribution in [0.4, 0.5) is 0 Å². The molecule has 1 aromatic heterocycles. The van der Waals surface area contributed by atoms with Gasteiger partial charge in [0.2, 0.25) is 0 Å². The fourth-order valence-corrected chi connectivity index (χ4v) is 6.15. The van der Waals surface area contributed by atoms with Crippen molar-refractivity contribution in [3.8, 4) is 73.6 Å². The lowest BCUT2D eigenvalue weighted by atomic mass is 9.88. The highest BCUT2D eigenvalue weighted by Crippen LogP contribution is 2.40. The topological polar surface area (TPSA) is 62.5 Å². The summed E-state index contributed by atoms with van der Waals surface area (Å²) in [5, 5.41) is 11.6. The van der Waals surface area contributed by atoms with Gasteiger partial charge in [-0.3, -0.25) is 0 Å². The number of rotatable bonds is 6. The summed E-state index contributed by atoms with van der Waals surface area (Å²) >= 11 is 0. The van der Waals surface area contributed by atoms with Crippen molar-refractivity contribution in [3.63, 3.8) is 0 Å². The molecule has 0 spiro atoms. The fraction of sp³-hybridized carbons (Fsp3) is 0. The smallest absolute Gasteiger partial charge is 0.164 e. The van der Waals surface area contributed by atoms with Gasteiger partial charge in [-0.2, -0.15) is 5.26 Å². The first-order valence-electron chi connectivity index (χ1n) is 15.8. The van der Waals surface area contributed by atoms with Crippen LogP contribution in [-0.4, -0.2) is 15.0 Å². The second kappa shape index (κ2) is 12.6. The minimum atomic E-state index is 0.627. The van der Waals surface area contributed by atoms with Crippen molar-refractivity contribution in [1.82, 2.24) is 15.0 Å². The average Bonchev–Trinajstić information content (AvgIpc) is 3.18. The summed E-state index contributed by atoms with van der Waals surface area (Å²) in [7, 11) is 0. The lowest BCUT2D eigenvalue weighted by Crippen LogP contribution is -2.00. The van der Waals surface area contributed by atoms with Crippen molar-refractivity contribution in [2.45, 2.75) is 0 Å². The largest absolute Gasteiger partial charge is 0.208 e. The van der Waals surface area contributed by atoms with Crippen LogP contribution in [0.15, 0.2) is 170 Å². The molecule has 0 saturated carbocycles. The Kier molecular flexibility index (Phi) is 7.54. The average molecular weight is 613 g/mol. The zero-order valence-electron chi connectivity index (χ0n) is 26.0. The van der Waals surface area contributed by atoms with E-state index in [2.05, 4.69) is 91.0 Å². The highest BCUT2D eigenvalue weighted by atomic mass is 15.0. The molecule has 0 amide bonds. The van der Waals surface area contributed by atoms with E-state index < -0.39 is 0 Å². The van der Waals surface area contributed by atoms with Crippen LogP contribution in [0.25, 0.3) is 78.3 Å². The molecule has 8 rings (SSSR count). The number of nitrogens with zero attached hydrogens (tertiary/aromatic N) is 4. The monoisotopic (exact) mass is 612 g/mol. The van der Waals surface area contributed by atoms with E-state index in [1.165, 1.54) is 16.3 Å². The highest BCUT2D eigenvalue weighted by Gasteiger charge is 2.15. The molecule has 1 heterocycles. The normalized spacial score (nSPS) is 10.9. The van der Waals surface area contributed by atoms with Gasteiger partial charge in [0.15, 0.2) is 17.5 Å². The van der Waals surface area contributed by atoms with Crippen LogP contribution in [0.3, 0.4) is 0 Å². The Bertz CT molecular complexity index is 2370. The first-order chi connectivity index (χ1) is 23.7. The number of aromatic nitrogens is 3. The van der Waals surface area contributed by atoms with Gasteiger partial charge in [0, 0.05) is 16.7 Å². The third-order valence-electron chi connectivity index (χ3n) is 8.58. The maximum atomic E-state index is 9.26. The number of hydrogen-bond donors (Lipinski definition) is 0. The minimum Gasteiger partial charge on any atom is -0.208 e. The van der Waals surface area contributed by atoms with E-state index in [0.29, 0.717) is 23.0 Å². The van der Waals surface area contributed by atoms with Gasteiger partial charge in [0.05, 0.1) is 11.6 Å². The Balaban J connectivity index is 1.24. The van der Waals surface area contributed by atoms with E-state index in [0.717, 1.165) is 44.5 Å². The van der Waals surface area contributed by atoms with E-state index >= 15 is 0 Å². The first kappa shape index (κ1) is 28.8. The molecule has 224 valence electrons. The quantitative estimate of drug-likeness (QED) is 0.187. The Labute approximate surface area is 279 Å². The van der Waals surface area contributed by atoms with E-state index in [-0.39, 0.29) is 0 Å². The molecule has 0 aliphatic rings. The molecule has 8 aromatic rings. The van der Waals surface area contributed by atoms with Crippen LogP contribution >= 0.6 is 0 Å². The zero-order chi connectivity index (χ0) is 32.3. The van der Waals surface area contributed by atoms with Gasteiger partial charge in [-0.1, -0.05) is 152 Å². The lowest BCUT2D eigenvalue weighted by Gasteiger charge is -2.16. The van der Waals surface area contributed by atoms with Crippen LogP contribution in [0.1, 0.15) is 5.56 Å². The predicted molar refractivity (Wildman–Crippen MR) is 195 cm³/mol. The Morgan fingerprint density at radius 2 is 0.875 bits per heavy atom. The molecular formula is C44H28N4. The minimum absolute atomic E-state index is 0.627. The Hall–Kier alpha value is -6.70. The Morgan fingerprint density at radius 1 is 0.375 bits per heavy atom. The van der Waals surface area contributed by atoms with E-state index in [4.69, 9.17) is 15.0 Å². The molecule has 0 saturated heterocycles. The van der Waals surface area contributed by atoms with Gasteiger partial charge in [0.1, 0.15) is 0 Å². The molecule has 0 fully saturated rings. The van der Waals surface area contributed by atoms with Gasteiger partial charge in [-0.15, -0.1) is 0 Å². The number of fused-ring (bicyclic) bond motifs is 1.